The van der Waals surface area contributed by atoms with Crippen molar-refractivity contribution in [3.05, 3.63) is 59.7 Å². The summed E-state index contributed by atoms with van der Waals surface area (Å²) in [4.78, 5) is 16.2. The number of nitrogens with one attached hydrogen (secondary N) is 1. The van der Waals surface area contributed by atoms with Crippen LogP contribution in [0, 0.1) is 11.6 Å². The Morgan fingerprint density at radius 2 is 1.80 bits per heavy atom. The maximum atomic E-state index is 13.7. The van der Waals surface area contributed by atoms with E-state index in [9.17, 15) is 13.6 Å². The number of carbonyl (C=O) groups excluding carboxylic acids is 1. The predicted octanol–water partition coefficient (Wildman–Crippen LogP) is 3.88. The fourth-order valence-electron chi connectivity index (χ4n) is 3.05. The zero-order valence-corrected chi connectivity index (χ0v) is 14.1. The summed E-state index contributed by atoms with van der Waals surface area (Å²) in [5.74, 6) is -1.44. The predicted molar refractivity (Wildman–Crippen MR) is 95.0 cm³/mol. The number of aryl methyl sites for hydroxylation is 1. The molecule has 132 valence electrons. The molecule has 1 saturated heterocycles. The minimum Gasteiger partial charge on any atom is -0.368 e. The third kappa shape index (κ3) is 3.90. The van der Waals surface area contributed by atoms with Crippen molar-refractivity contribution >= 4 is 17.4 Å². The van der Waals surface area contributed by atoms with Gasteiger partial charge in [-0.15, -0.1) is 0 Å². The number of piperazine rings is 1. The Kier molecular flexibility index (Phi) is 5.16. The summed E-state index contributed by atoms with van der Waals surface area (Å²) in [6.07, 6.45) is 0.959. The molecule has 25 heavy (non-hydrogen) atoms. The van der Waals surface area contributed by atoms with Crippen LogP contribution >= 0.6 is 0 Å². The van der Waals surface area contributed by atoms with E-state index in [4.69, 9.17) is 0 Å². The molecule has 1 fully saturated rings. The summed E-state index contributed by atoms with van der Waals surface area (Å²) in [6.45, 7) is 4.66. The van der Waals surface area contributed by atoms with Gasteiger partial charge in [0.15, 0.2) is 0 Å². The molecule has 0 aromatic heterocycles. The summed E-state index contributed by atoms with van der Waals surface area (Å²) in [6, 6.07) is 11.0. The van der Waals surface area contributed by atoms with Crippen molar-refractivity contribution in [3.63, 3.8) is 0 Å². The van der Waals surface area contributed by atoms with E-state index in [2.05, 4.69) is 29.3 Å². The fourth-order valence-corrected chi connectivity index (χ4v) is 3.05. The second kappa shape index (κ2) is 7.51. The molecule has 4 nitrogen and oxygen atoms in total. The summed E-state index contributed by atoms with van der Waals surface area (Å²) in [5.41, 5.74) is 2.48. The van der Waals surface area contributed by atoms with Crippen LogP contribution in [0.25, 0.3) is 0 Å². The van der Waals surface area contributed by atoms with Crippen LogP contribution in [0.3, 0.4) is 0 Å². The first kappa shape index (κ1) is 17.2. The standard InChI is InChI=1S/C19H21F2N3O/c1-2-14-5-3-4-6-18(14)23-9-11-24(12-10-23)19(25)22-17-8-7-15(20)13-16(17)21/h3-8,13H,2,9-12H2,1H3,(H,22,25). The minimum absolute atomic E-state index is 0.00911. The lowest BCUT2D eigenvalue weighted by Crippen LogP contribution is -2.50. The van der Waals surface area contributed by atoms with E-state index in [0.717, 1.165) is 31.6 Å². The van der Waals surface area contributed by atoms with Crippen molar-refractivity contribution in [2.45, 2.75) is 13.3 Å². The molecule has 0 saturated carbocycles. The number of benzene rings is 2. The van der Waals surface area contributed by atoms with Gasteiger partial charge in [0, 0.05) is 37.9 Å². The lowest BCUT2D eigenvalue weighted by Gasteiger charge is -2.37. The zero-order chi connectivity index (χ0) is 17.8. The van der Waals surface area contributed by atoms with Crippen LogP contribution < -0.4 is 10.2 Å². The number of para-hydroxylation sites is 1. The molecule has 0 bridgehead atoms. The van der Waals surface area contributed by atoms with E-state index in [1.54, 1.807) is 4.90 Å². The number of anilines is 2. The normalized spacial score (nSPS) is 14.5. The second-order valence-electron chi connectivity index (χ2n) is 6.01. The summed E-state index contributed by atoms with van der Waals surface area (Å²) < 4.78 is 26.6. The van der Waals surface area contributed by atoms with Crippen molar-refractivity contribution < 1.29 is 13.6 Å². The summed E-state index contributed by atoms with van der Waals surface area (Å²) in [5, 5.41) is 2.51. The van der Waals surface area contributed by atoms with Gasteiger partial charge in [-0.05, 0) is 30.2 Å². The summed E-state index contributed by atoms with van der Waals surface area (Å²) >= 11 is 0. The Morgan fingerprint density at radius 3 is 2.48 bits per heavy atom. The average Bonchev–Trinajstić information content (AvgIpc) is 2.64. The monoisotopic (exact) mass is 345 g/mol. The number of urea groups is 1. The number of amides is 2. The molecule has 0 radical (unpaired) electrons. The Balaban J connectivity index is 1.61. The lowest BCUT2D eigenvalue weighted by molar-refractivity contribution is 0.208. The number of nitrogens with zero attached hydrogens (tertiary/aromatic N) is 2. The van der Waals surface area contributed by atoms with E-state index in [1.165, 1.54) is 17.3 Å². The molecule has 2 aromatic carbocycles. The van der Waals surface area contributed by atoms with Crippen LogP contribution in [0.4, 0.5) is 25.0 Å². The van der Waals surface area contributed by atoms with Gasteiger partial charge >= 0.3 is 6.03 Å². The van der Waals surface area contributed by atoms with Crippen molar-refractivity contribution in [2.24, 2.45) is 0 Å². The molecule has 0 unspecified atom stereocenters. The minimum atomic E-state index is -0.774. The lowest BCUT2D eigenvalue weighted by atomic mass is 10.1. The van der Waals surface area contributed by atoms with Crippen LogP contribution in [0.5, 0.6) is 0 Å². The van der Waals surface area contributed by atoms with E-state index < -0.39 is 11.6 Å². The Bertz CT molecular complexity index is 758. The maximum Gasteiger partial charge on any atom is 0.322 e. The number of rotatable bonds is 3. The highest BCUT2D eigenvalue weighted by molar-refractivity contribution is 5.89. The highest BCUT2D eigenvalue weighted by atomic mass is 19.1. The van der Waals surface area contributed by atoms with Gasteiger partial charge < -0.3 is 15.1 Å². The molecule has 0 atom stereocenters. The molecule has 6 heteroatoms. The largest absolute Gasteiger partial charge is 0.368 e. The van der Waals surface area contributed by atoms with Crippen LogP contribution in [-0.2, 0) is 6.42 Å². The number of carbonyl (C=O) groups is 1. The van der Waals surface area contributed by atoms with E-state index >= 15 is 0 Å². The molecule has 0 spiro atoms. The van der Waals surface area contributed by atoms with E-state index in [1.807, 2.05) is 12.1 Å². The third-order valence-corrected chi connectivity index (χ3v) is 4.45. The molecule has 2 aromatic rings. The van der Waals surface area contributed by atoms with Gasteiger partial charge in [0.1, 0.15) is 11.6 Å². The first-order valence-corrected chi connectivity index (χ1v) is 8.42. The van der Waals surface area contributed by atoms with Crippen molar-refractivity contribution in [2.75, 3.05) is 36.4 Å². The zero-order valence-electron chi connectivity index (χ0n) is 14.1. The molecule has 1 heterocycles. The van der Waals surface area contributed by atoms with Crippen molar-refractivity contribution in [3.8, 4) is 0 Å². The Hall–Kier alpha value is -2.63. The number of halogens is 2. The van der Waals surface area contributed by atoms with E-state index in [0.29, 0.717) is 13.1 Å². The maximum absolute atomic E-state index is 13.7. The fraction of sp³-hybridized carbons (Fsp3) is 0.316. The number of hydrogen-bond donors (Lipinski definition) is 1. The van der Waals surface area contributed by atoms with Crippen LogP contribution in [0.2, 0.25) is 0 Å². The van der Waals surface area contributed by atoms with E-state index in [-0.39, 0.29) is 11.7 Å². The quantitative estimate of drug-likeness (QED) is 0.916. The summed E-state index contributed by atoms with van der Waals surface area (Å²) in [7, 11) is 0. The molecular formula is C19H21F2N3O. The highest BCUT2D eigenvalue weighted by Gasteiger charge is 2.23. The Morgan fingerprint density at radius 1 is 1.08 bits per heavy atom. The highest BCUT2D eigenvalue weighted by Crippen LogP contribution is 2.23. The van der Waals surface area contributed by atoms with Crippen LogP contribution in [0.1, 0.15) is 12.5 Å². The third-order valence-electron chi connectivity index (χ3n) is 4.45. The Labute approximate surface area is 146 Å². The first-order valence-electron chi connectivity index (χ1n) is 8.42. The van der Waals surface area contributed by atoms with Crippen LogP contribution in [0.15, 0.2) is 42.5 Å². The molecule has 1 N–H and O–H groups in total. The van der Waals surface area contributed by atoms with Crippen LogP contribution in [-0.4, -0.2) is 37.1 Å². The molecule has 1 aliphatic rings. The van der Waals surface area contributed by atoms with Gasteiger partial charge in [0.25, 0.3) is 0 Å². The van der Waals surface area contributed by atoms with Gasteiger partial charge in [-0.1, -0.05) is 25.1 Å². The molecular weight excluding hydrogens is 324 g/mol. The van der Waals surface area contributed by atoms with Crippen molar-refractivity contribution in [1.29, 1.82) is 0 Å². The average molecular weight is 345 g/mol. The molecule has 0 aliphatic carbocycles. The van der Waals surface area contributed by atoms with Gasteiger partial charge in [-0.3, -0.25) is 0 Å². The van der Waals surface area contributed by atoms with Gasteiger partial charge in [-0.2, -0.15) is 0 Å². The molecule has 2 amide bonds. The van der Waals surface area contributed by atoms with Gasteiger partial charge in [0.05, 0.1) is 5.69 Å². The van der Waals surface area contributed by atoms with Crippen molar-refractivity contribution in [1.82, 2.24) is 4.90 Å². The van der Waals surface area contributed by atoms with Gasteiger partial charge in [0.2, 0.25) is 0 Å². The molecule has 3 rings (SSSR count). The topological polar surface area (TPSA) is 35.6 Å². The molecule has 1 aliphatic heterocycles. The van der Waals surface area contributed by atoms with Gasteiger partial charge in [-0.25, -0.2) is 13.6 Å². The second-order valence-corrected chi connectivity index (χ2v) is 6.01. The smallest absolute Gasteiger partial charge is 0.322 e. The SMILES string of the molecule is CCc1ccccc1N1CCN(C(=O)Nc2ccc(F)cc2F)CC1. The first-order chi connectivity index (χ1) is 12.1. The number of hydrogen-bond acceptors (Lipinski definition) is 2.